The second-order valence-electron chi connectivity index (χ2n) is 2.34. The molecule has 2 heterocycles. The van der Waals surface area contributed by atoms with Crippen molar-refractivity contribution in [3.8, 4) is 0 Å². The molecule has 0 amide bonds. The molecule has 1 N–H and O–H groups in total. The van der Waals surface area contributed by atoms with Gasteiger partial charge in [0, 0.05) is 17.5 Å². The minimum atomic E-state index is 0.706. The number of halogens is 1. The van der Waals surface area contributed by atoms with Gasteiger partial charge in [-0.15, -0.1) is 10.2 Å². The van der Waals surface area contributed by atoms with Gasteiger partial charge in [-0.2, -0.15) is 11.3 Å². The third-order valence-electron chi connectivity index (χ3n) is 1.48. The van der Waals surface area contributed by atoms with E-state index in [0.717, 1.165) is 15.7 Å². The average molecular weight is 232 g/mol. The van der Waals surface area contributed by atoms with Crippen LogP contribution in [0.5, 0.6) is 0 Å². The summed E-state index contributed by atoms with van der Waals surface area (Å²) >= 11 is 8.99. The zero-order valence-electron chi connectivity index (χ0n) is 6.53. The van der Waals surface area contributed by atoms with Crippen molar-refractivity contribution in [3.05, 3.63) is 26.9 Å². The Bertz CT molecular complexity index is 371. The zero-order valence-corrected chi connectivity index (χ0v) is 8.92. The van der Waals surface area contributed by atoms with E-state index in [0.29, 0.717) is 6.54 Å². The first kappa shape index (κ1) is 8.93. The number of anilines is 1. The van der Waals surface area contributed by atoms with Gasteiger partial charge in [0.15, 0.2) is 0 Å². The highest BCUT2D eigenvalue weighted by Crippen LogP contribution is 2.21. The smallest absolute Gasteiger partial charge is 0.205 e. The number of nitrogens with one attached hydrogen (secondary N) is 1. The number of hydrogen-bond acceptors (Lipinski definition) is 5. The minimum absolute atomic E-state index is 0.706. The molecule has 2 aromatic rings. The average Bonchev–Trinajstić information content (AvgIpc) is 2.72. The van der Waals surface area contributed by atoms with Crippen molar-refractivity contribution >= 4 is 39.4 Å². The fourth-order valence-corrected chi connectivity index (χ4v) is 2.35. The van der Waals surface area contributed by atoms with Crippen LogP contribution in [-0.4, -0.2) is 10.2 Å². The maximum Gasteiger partial charge on any atom is 0.205 e. The quantitative estimate of drug-likeness (QED) is 0.883. The summed E-state index contributed by atoms with van der Waals surface area (Å²) in [6.45, 7) is 0.706. The highest BCUT2D eigenvalue weighted by atomic mass is 35.5. The first-order valence-electron chi connectivity index (χ1n) is 3.57. The van der Waals surface area contributed by atoms with Gasteiger partial charge in [0.25, 0.3) is 0 Å². The highest BCUT2D eigenvalue weighted by Gasteiger charge is 2.01. The van der Waals surface area contributed by atoms with Gasteiger partial charge in [-0.1, -0.05) is 22.9 Å². The molecular weight excluding hydrogens is 226 g/mol. The fourth-order valence-electron chi connectivity index (χ4n) is 0.855. The molecule has 0 saturated carbocycles. The van der Waals surface area contributed by atoms with Crippen LogP contribution in [0.25, 0.3) is 0 Å². The molecule has 0 aliphatic carbocycles. The Balaban J connectivity index is 1.97. The molecule has 0 saturated heterocycles. The largest absolute Gasteiger partial charge is 0.356 e. The Kier molecular flexibility index (Phi) is 2.77. The van der Waals surface area contributed by atoms with Gasteiger partial charge in [0.05, 0.1) is 5.02 Å². The van der Waals surface area contributed by atoms with Crippen LogP contribution >= 0.6 is 34.3 Å². The van der Waals surface area contributed by atoms with E-state index < -0.39 is 0 Å². The second-order valence-corrected chi connectivity index (χ2v) is 4.33. The summed E-state index contributed by atoms with van der Waals surface area (Å²) in [5.41, 5.74) is 2.79. The Labute approximate surface area is 88.4 Å². The Morgan fingerprint density at radius 2 is 2.38 bits per heavy atom. The zero-order chi connectivity index (χ0) is 9.10. The van der Waals surface area contributed by atoms with Crippen LogP contribution in [-0.2, 0) is 6.54 Å². The van der Waals surface area contributed by atoms with Crippen LogP contribution in [0.1, 0.15) is 5.56 Å². The molecule has 3 nitrogen and oxygen atoms in total. The van der Waals surface area contributed by atoms with E-state index in [-0.39, 0.29) is 0 Å². The van der Waals surface area contributed by atoms with Crippen molar-refractivity contribution in [1.82, 2.24) is 10.2 Å². The number of hydrogen-bond donors (Lipinski definition) is 1. The van der Waals surface area contributed by atoms with E-state index in [2.05, 4.69) is 15.5 Å². The van der Waals surface area contributed by atoms with E-state index in [1.54, 1.807) is 16.8 Å². The van der Waals surface area contributed by atoms with E-state index >= 15 is 0 Å². The molecule has 0 aromatic carbocycles. The molecule has 0 spiro atoms. The van der Waals surface area contributed by atoms with E-state index in [1.807, 2.05) is 10.8 Å². The maximum atomic E-state index is 5.92. The Morgan fingerprint density at radius 1 is 1.46 bits per heavy atom. The molecule has 2 rings (SSSR count). The lowest BCUT2D eigenvalue weighted by Crippen LogP contribution is -1.97. The van der Waals surface area contributed by atoms with Gasteiger partial charge in [-0.05, 0) is 5.38 Å². The number of thiophene rings is 1. The topological polar surface area (TPSA) is 37.8 Å². The van der Waals surface area contributed by atoms with E-state index in [9.17, 15) is 0 Å². The first-order valence-corrected chi connectivity index (χ1v) is 5.77. The van der Waals surface area contributed by atoms with Crippen LogP contribution in [0.3, 0.4) is 0 Å². The predicted octanol–water partition coefficient (Wildman–Crippen LogP) is 2.87. The molecule has 68 valence electrons. The lowest BCUT2D eigenvalue weighted by molar-refractivity contribution is 1.05. The fraction of sp³-hybridized carbons (Fsp3) is 0.143. The molecular formula is C7H6ClN3S2. The van der Waals surface area contributed by atoms with Crippen LogP contribution in [0, 0.1) is 0 Å². The standard InChI is InChI=1S/C7H6ClN3S2/c8-6-3-12-2-5(6)1-9-7-11-10-4-13-7/h2-4H,1H2,(H,9,11). The SMILES string of the molecule is Clc1cscc1CNc1nncs1. The van der Waals surface area contributed by atoms with Gasteiger partial charge in [-0.25, -0.2) is 0 Å². The van der Waals surface area contributed by atoms with Crippen molar-refractivity contribution in [1.29, 1.82) is 0 Å². The van der Waals surface area contributed by atoms with E-state index in [1.165, 1.54) is 11.3 Å². The van der Waals surface area contributed by atoms with Gasteiger partial charge in [0.2, 0.25) is 5.13 Å². The van der Waals surface area contributed by atoms with Crippen LogP contribution in [0.2, 0.25) is 5.02 Å². The molecule has 6 heteroatoms. The van der Waals surface area contributed by atoms with Crippen LogP contribution < -0.4 is 5.32 Å². The number of nitrogens with zero attached hydrogens (tertiary/aromatic N) is 2. The lowest BCUT2D eigenvalue weighted by Gasteiger charge is -1.99. The van der Waals surface area contributed by atoms with Gasteiger partial charge < -0.3 is 5.32 Å². The summed E-state index contributed by atoms with van der Waals surface area (Å²) in [5, 5.41) is 16.3. The molecule has 0 aliphatic heterocycles. The van der Waals surface area contributed by atoms with Gasteiger partial charge in [0.1, 0.15) is 5.51 Å². The molecule has 0 atom stereocenters. The van der Waals surface area contributed by atoms with Crippen molar-refractivity contribution in [3.63, 3.8) is 0 Å². The maximum absolute atomic E-state index is 5.92. The first-order chi connectivity index (χ1) is 6.36. The summed E-state index contributed by atoms with van der Waals surface area (Å²) < 4.78 is 0. The van der Waals surface area contributed by atoms with Gasteiger partial charge in [-0.3, -0.25) is 0 Å². The molecule has 0 aliphatic rings. The lowest BCUT2D eigenvalue weighted by atomic mass is 10.3. The van der Waals surface area contributed by atoms with Crippen molar-refractivity contribution in [2.45, 2.75) is 6.54 Å². The Hall–Kier alpha value is -0.650. The minimum Gasteiger partial charge on any atom is -0.356 e. The molecule has 13 heavy (non-hydrogen) atoms. The molecule has 0 fully saturated rings. The monoisotopic (exact) mass is 231 g/mol. The number of rotatable bonds is 3. The van der Waals surface area contributed by atoms with Crippen molar-refractivity contribution < 1.29 is 0 Å². The summed E-state index contributed by atoms with van der Waals surface area (Å²) in [4.78, 5) is 0. The predicted molar refractivity (Wildman–Crippen MR) is 56.6 cm³/mol. The normalized spacial score (nSPS) is 10.2. The summed E-state index contributed by atoms with van der Waals surface area (Å²) in [5.74, 6) is 0. The van der Waals surface area contributed by atoms with Crippen LogP contribution in [0.4, 0.5) is 5.13 Å². The summed E-state index contributed by atoms with van der Waals surface area (Å²) in [7, 11) is 0. The van der Waals surface area contributed by atoms with Crippen molar-refractivity contribution in [2.24, 2.45) is 0 Å². The second kappa shape index (κ2) is 4.04. The highest BCUT2D eigenvalue weighted by molar-refractivity contribution is 7.13. The molecule has 0 radical (unpaired) electrons. The van der Waals surface area contributed by atoms with Crippen molar-refractivity contribution in [2.75, 3.05) is 5.32 Å². The molecule has 0 unspecified atom stereocenters. The molecule has 0 bridgehead atoms. The third kappa shape index (κ3) is 2.18. The summed E-state index contributed by atoms with van der Waals surface area (Å²) in [6, 6.07) is 0. The Morgan fingerprint density at radius 3 is 3.00 bits per heavy atom. The third-order valence-corrected chi connectivity index (χ3v) is 3.40. The summed E-state index contributed by atoms with van der Waals surface area (Å²) in [6.07, 6.45) is 0. The van der Waals surface area contributed by atoms with E-state index in [4.69, 9.17) is 11.6 Å². The van der Waals surface area contributed by atoms with Crippen LogP contribution in [0.15, 0.2) is 16.3 Å². The van der Waals surface area contributed by atoms with Gasteiger partial charge >= 0.3 is 0 Å². The number of aromatic nitrogens is 2. The molecule has 2 aromatic heterocycles.